The van der Waals surface area contributed by atoms with E-state index in [4.69, 9.17) is 16.9 Å². The van der Waals surface area contributed by atoms with Crippen molar-refractivity contribution in [3.8, 4) is 23.3 Å². The van der Waals surface area contributed by atoms with Gasteiger partial charge in [-0.25, -0.2) is 0 Å². The highest BCUT2D eigenvalue weighted by atomic mass is 35.5. The second-order valence-electron chi connectivity index (χ2n) is 4.82. The zero-order chi connectivity index (χ0) is 15.2. The average Bonchev–Trinajstić information content (AvgIpc) is 2.88. The molecule has 0 radical (unpaired) electrons. The van der Waals surface area contributed by atoms with Gasteiger partial charge < -0.3 is 4.57 Å². The minimum absolute atomic E-state index is 0.486. The first kappa shape index (κ1) is 15.1. The minimum Gasteiger partial charge on any atom is -0.339 e. The highest BCUT2D eigenvalue weighted by Gasteiger charge is 2.12. The molecule has 2 aromatic rings. The van der Waals surface area contributed by atoms with Crippen LogP contribution in [0.5, 0.6) is 0 Å². The molecule has 1 aromatic heterocycles. The summed E-state index contributed by atoms with van der Waals surface area (Å²) in [5, 5.41) is 18.5. The maximum absolute atomic E-state index is 9.30. The Morgan fingerprint density at radius 2 is 1.95 bits per heavy atom. The van der Waals surface area contributed by atoms with Gasteiger partial charge >= 0.3 is 0 Å². The third kappa shape index (κ3) is 3.64. The van der Waals surface area contributed by atoms with E-state index in [1.807, 2.05) is 53.2 Å². The van der Waals surface area contributed by atoms with Crippen LogP contribution in [0.2, 0.25) is 5.02 Å². The number of nitrogens with zero attached hydrogens (tertiary/aromatic N) is 4. The number of rotatable bonds is 5. The van der Waals surface area contributed by atoms with E-state index in [-0.39, 0.29) is 0 Å². The third-order valence-electron chi connectivity index (χ3n) is 3.17. The maximum Gasteiger partial charge on any atom is 0.101 e. The molecule has 0 fully saturated rings. The molecule has 0 aliphatic rings. The van der Waals surface area contributed by atoms with Gasteiger partial charge in [0, 0.05) is 41.5 Å². The molecule has 0 unspecified atom stereocenters. The van der Waals surface area contributed by atoms with E-state index in [2.05, 4.69) is 12.1 Å². The van der Waals surface area contributed by atoms with Gasteiger partial charge in [0.1, 0.15) is 6.07 Å². The van der Waals surface area contributed by atoms with Gasteiger partial charge in [-0.15, -0.1) is 0 Å². The Morgan fingerprint density at radius 3 is 2.62 bits per heavy atom. The Morgan fingerprint density at radius 1 is 1.19 bits per heavy atom. The maximum atomic E-state index is 9.30. The summed E-state index contributed by atoms with van der Waals surface area (Å²) >= 11 is 6.21. The van der Waals surface area contributed by atoms with Gasteiger partial charge in [-0.1, -0.05) is 29.8 Å². The number of aromatic nitrogens is 1. The smallest absolute Gasteiger partial charge is 0.101 e. The second kappa shape index (κ2) is 6.95. The Labute approximate surface area is 129 Å². The molecule has 106 valence electrons. The molecular formula is C16H15ClN4. The molecule has 0 aliphatic heterocycles. The Balaban J connectivity index is 2.27. The highest BCUT2D eigenvalue weighted by Crippen LogP contribution is 2.30. The number of nitriles is 2. The van der Waals surface area contributed by atoms with Gasteiger partial charge in [0.25, 0.3) is 0 Å². The first-order chi connectivity index (χ1) is 10.2. The van der Waals surface area contributed by atoms with Gasteiger partial charge in [0.15, 0.2) is 0 Å². The summed E-state index contributed by atoms with van der Waals surface area (Å²) in [6.45, 7) is 1.32. The first-order valence-electron chi connectivity index (χ1n) is 6.56. The SMILES string of the molecule is CN(CCC#N)Cn1cc(C#N)c(-c2ccccc2Cl)c1. The van der Waals surface area contributed by atoms with E-state index < -0.39 is 0 Å². The summed E-state index contributed by atoms with van der Waals surface area (Å²) in [5.74, 6) is 0. The molecule has 0 saturated heterocycles. The van der Waals surface area contributed by atoms with E-state index in [0.29, 0.717) is 30.2 Å². The molecule has 5 heteroatoms. The predicted octanol–water partition coefficient (Wildman–Crippen LogP) is 3.48. The molecule has 1 heterocycles. The van der Waals surface area contributed by atoms with Crippen LogP contribution >= 0.6 is 11.6 Å². The van der Waals surface area contributed by atoms with Crippen LogP contribution in [0.1, 0.15) is 12.0 Å². The van der Waals surface area contributed by atoms with Crippen molar-refractivity contribution in [1.29, 1.82) is 10.5 Å². The standard InChI is InChI=1S/C16H15ClN4/c1-20(8-4-7-18)12-21-10-13(9-19)15(11-21)14-5-2-3-6-16(14)17/h2-3,5-6,10-11H,4,8,12H2,1H3. The van der Waals surface area contributed by atoms with Crippen molar-refractivity contribution in [1.82, 2.24) is 9.47 Å². The normalized spacial score (nSPS) is 10.3. The number of halogens is 1. The monoisotopic (exact) mass is 298 g/mol. The predicted molar refractivity (Wildman–Crippen MR) is 82.5 cm³/mol. The lowest BCUT2D eigenvalue weighted by Gasteiger charge is -2.15. The molecule has 2 rings (SSSR count). The summed E-state index contributed by atoms with van der Waals surface area (Å²) in [6, 6.07) is 11.8. The molecule has 4 nitrogen and oxygen atoms in total. The fourth-order valence-electron chi connectivity index (χ4n) is 2.16. The van der Waals surface area contributed by atoms with Crippen LogP contribution in [-0.2, 0) is 6.67 Å². The molecule has 1 aromatic carbocycles. The molecule has 21 heavy (non-hydrogen) atoms. The highest BCUT2D eigenvalue weighted by molar-refractivity contribution is 6.33. The summed E-state index contributed by atoms with van der Waals surface area (Å²) in [5.41, 5.74) is 2.28. The zero-order valence-electron chi connectivity index (χ0n) is 11.8. The lowest BCUT2D eigenvalue weighted by atomic mass is 10.1. The van der Waals surface area contributed by atoms with E-state index in [1.54, 1.807) is 0 Å². The minimum atomic E-state index is 0.486. The average molecular weight is 299 g/mol. The van der Waals surface area contributed by atoms with Crippen molar-refractivity contribution in [2.75, 3.05) is 13.6 Å². The van der Waals surface area contributed by atoms with Gasteiger partial charge in [0.05, 0.1) is 18.3 Å². The van der Waals surface area contributed by atoms with E-state index >= 15 is 0 Å². The molecule has 0 aliphatic carbocycles. The van der Waals surface area contributed by atoms with Crippen molar-refractivity contribution < 1.29 is 0 Å². The van der Waals surface area contributed by atoms with Crippen LogP contribution in [0.15, 0.2) is 36.7 Å². The van der Waals surface area contributed by atoms with E-state index in [9.17, 15) is 5.26 Å². The summed E-state index contributed by atoms with van der Waals surface area (Å²) < 4.78 is 1.94. The molecule has 0 bridgehead atoms. The van der Waals surface area contributed by atoms with Gasteiger partial charge in [0.2, 0.25) is 0 Å². The molecule has 0 spiro atoms. The lowest BCUT2D eigenvalue weighted by molar-refractivity contribution is 0.275. The van der Waals surface area contributed by atoms with Gasteiger partial charge in [-0.3, -0.25) is 4.90 Å². The molecular weight excluding hydrogens is 284 g/mol. The van der Waals surface area contributed by atoms with Crippen LogP contribution in [-0.4, -0.2) is 23.1 Å². The fraction of sp³-hybridized carbons (Fsp3) is 0.250. The van der Waals surface area contributed by atoms with Gasteiger partial charge in [-0.2, -0.15) is 10.5 Å². The summed E-state index contributed by atoms with van der Waals surface area (Å²) in [7, 11) is 1.94. The Hall–Kier alpha value is -2.27. The second-order valence-corrected chi connectivity index (χ2v) is 5.23. The third-order valence-corrected chi connectivity index (χ3v) is 3.50. The Bertz CT molecular complexity index is 706. The van der Waals surface area contributed by atoms with Crippen LogP contribution in [0.4, 0.5) is 0 Å². The quantitative estimate of drug-likeness (QED) is 0.849. The van der Waals surface area contributed by atoms with E-state index in [0.717, 1.165) is 11.1 Å². The zero-order valence-corrected chi connectivity index (χ0v) is 12.5. The van der Waals surface area contributed by atoms with Crippen LogP contribution < -0.4 is 0 Å². The topological polar surface area (TPSA) is 55.8 Å². The number of hydrogen-bond donors (Lipinski definition) is 0. The fourth-order valence-corrected chi connectivity index (χ4v) is 2.40. The number of benzene rings is 1. The summed E-state index contributed by atoms with van der Waals surface area (Å²) in [4.78, 5) is 2.03. The first-order valence-corrected chi connectivity index (χ1v) is 6.93. The Kier molecular flexibility index (Phi) is 5.00. The summed E-state index contributed by atoms with van der Waals surface area (Å²) in [6.07, 6.45) is 4.21. The molecule has 0 saturated carbocycles. The van der Waals surface area contributed by atoms with Crippen LogP contribution in [0.3, 0.4) is 0 Å². The molecule has 0 atom stereocenters. The van der Waals surface area contributed by atoms with Crippen LogP contribution in [0, 0.1) is 22.7 Å². The van der Waals surface area contributed by atoms with Crippen molar-refractivity contribution in [3.05, 3.63) is 47.2 Å². The van der Waals surface area contributed by atoms with Crippen molar-refractivity contribution in [3.63, 3.8) is 0 Å². The molecule has 0 N–H and O–H groups in total. The van der Waals surface area contributed by atoms with Crippen molar-refractivity contribution in [2.45, 2.75) is 13.1 Å². The van der Waals surface area contributed by atoms with Gasteiger partial charge in [-0.05, 0) is 13.1 Å². The largest absolute Gasteiger partial charge is 0.339 e. The number of hydrogen-bond acceptors (Lipinski definition) is 3. The van der Waals surface area contributed by atoms with Crippen molar-refractivity contribution in [2.24, 2.45) is 0 Å². The lowest BCUT2D eigenvalue weighted by Crippen LogP contribution is -2.22. The molecule has 0 amide bonds. The van der Waals surface area contributed by atoms with Crippen molar-refractivity contribution >= 4 is 11.6 Å². The van der Waals surface area contributed by atoms with E-state index in [1.165, 1.54) is 0 Å². The van der Waals surface area contributed by atoms with Crippen LogP contribution in [0.25, 0.3) is 11.1 Å².